The van der Waals surface area contributed by atoms with E-state index in [1.165, 1.54) is 51.4 Å². The number of hydrogen-bond acceptors (Lipinski definition) is 3. The van der Waals surface area contributed by atoms with Gasteiger partial charge in [0.2, 0.25) is 0 Å². The normalized spacial score (nSPS) is 58.7. The van der Waals surface area contributed by atoms with E-state index < -0.39 is 0 Å². The molecule has 1 saturated heterocycles. The molecule has 150 valence electrons. The maximum atomic E-state index is 10.3. The number of ether oxygens (including phenoxy) is 2. The predicted molar refractivity (Wildman–Crippen MR) is 104 cm³/mol. The molecule has 1 heterocycles. The Bertz CT molecular complexity index is 640. The van der Waals surface area contributed by atoms with E-state index in [1.54, 1.807) is 0 Å². The van der Waals surface area contributed by atoms with E-state index in [1.807, 2.05) is 0 Å². The van der Waals surface area contributed by atoms with Gasteiger partial charge in [-0.3, -0.25) is 0 Å². The molecule has 0 radical (unpaired) electrons. The second-order valence-electron chi connectivity index (χ2n) is 11.1. The first-order chi connectivity index (χ1) is 13.1. The molecule has 0 amide bonds. The van der Waals surface area contributed by atoms with Crippen LogP contribution in [0.5, 0.6) is 0 Å². The van der Waals surface area contributed by atoms with Gasteiger partial charge >= 0.3 is 0 Å². The fraction of sp³-hybridized carbons (Fsp3) is 0.917. The molecule has 0 aromatic rings. The number of hydrogen-bond donors (Lipinski definition) is 1. The van der Waals surface area contributed by atoms with E-state index in [4.69, 9.17) is 9.47 Å². The van der Waals surface area contributed by atoms with E-state index in [9.17, 15) is 5.11 Å². The highest BCUT2D eigenvalue weighted by atomic mass is 16.7. The van der Waals surface area contributed by atoms with Crippen molar-refractivity contribution >= 4 is 0 Å². The fourth-order valence-electron chi connectivity index (χ4n) is 8.64. The fourth-order valence-corrected chi connectivity index (χ4v) is 8.64. The quantitative estimate of drug-likeness (QED) is 0.706. The number of aliphatic hydroxyl groups excluding tert-OH is 1. The molecule has 9 atom stereocenters. The Kier molecular flexibility index (Phi) is 3.77. The van der Waals surface area contributed by atoms with Crippen LogP contribution >= 0.6 is 0 Å². The molecule has 27 heavy (non-hydrogen) atoms. The van der Waals surface area contributed by atoms with Crippen molar-refractivity contribution in [2.24, 2.45) is 34.0 Å². The second-order valence-corrected chi connectivity index (χ2v) is 11.1. The topological polar surface area (TPSA) is 38.7 Å². The summed E-state index contributed by atoms with van der Waals surface area (Å²) in [5.74, 6) is 2.38. The third-order valence-electron chi connectivity index (χ3n) is 10.1. The Hall–Kier alpha value is -0.380. The first-order valence-corrected chi connectivity index (χ1v) is 11.7. The summed E-state index contributed by atoms with van der Waals surface area (Å²) < 4.78 is 12.5. The third kappa shape index (κ3) is 2.31. The van der Waals surface area contributed by atoms with Gasteiger partial charge in [-0.1, -0.05) is 19.1 Å². The van der Waals surface area contributed by atoms with Gasteiger partial charge in [-0.25, -0.2) is 0 Å². The van der Waals surface area contributed by atoms with Gasteiger partial charge in [0.15, 0.2) is 6.29 Å². The monoisotopic (exact) mass is 372 g/mol. The maximum absolute atomic E-state index is 10.3. The summed E-state index contributed by atoms with van der Waals surface area (Å²) in [5, 5.41) is 10.3. The molecule has 0 aromatic heterocycles. The maximum Gasteiger partial charge on any atom is 0.157 e. The van der Waals surface area contributed by atoms with E-state index in [0.29, 0.717) is 22.3 Å². The number of allylic oxidation sites excluding steroid dienone is 2. The van der Waals surface area contributed by atoms with Crippen LogP contribution < -0.4 is 0 Å². The van der Waals surface area contributed by atoms with Crippen molar-refractivity contribution in [3.8, 4) is 0 Å². The van der Waals surface area contributed by atoms with Gasteiger partial charge in [-0.2, -0.15) is 0 Å². The first kappa shape index (κ1) is 17.5. The molecule has 3 heteroatoms. The highest BCUT2D eigenvalue weighted by Crippen LogP contribution is 2.81. The summed E-state index contributed by atoms with van der Waals surface area (Å²) in [6, 6.07) is 0. The van der Waals surface area contributed by atoms with Gasteiger partial charge in [-0.05, 0) is 105 Å². The van der Waals surface area contributed by atoms with E-state index >= 15 is 0 Å². The molecule has 5 aliphatic carbocycles. The van der Waals surface area contributed by atoms with Crippen LogP contribution in [0.2, 0.25) is 0 Å². The SMILES string of the molecule is C[C@]12CC[C@H]3[C@@H](C=C[C@@]45C[C@@H](O)CC[C@]34C5)[C@@H]1CC[C@H]2O[C@@H]1CCCCO1. The number of rotatable bonds is 2. The second kappa shape index (κ2) is 5.83. The van der Waals surface area contributed by atoms with Crippen molar-refractivity contribution in [1.29, 1.82) is 0 Å². The summed E-state index contributed by atoms with van der Waals surface area (Å²) in [6.07, 6.45) is 19.0. The van der Waals surface area contributed by atoms with Gasteiger partial charge in [0, 0.05) is 6.61 Å². The van der Waals surface area contributed by atoms with Crippen LogP contribution in [-0.2, 0) is 9.47 Å². The standard InChI is InChI=1S/C24H36O3/c1-22-10-9-19-17(8-11-23-14-16(25)7-12-24(19,23)15-23)18(22)5-6-20(22)27-21-4-2-3-13-26-21/h8,11,16-21,25H,2-7,9-10,12-15H2,1H3/t16-,17-,18-,19-,20+,21+,22-,23-,24-/m0/s1. The highest BCUT2D eigenvalue weighted by molar-refractivity contribution is 5.33. The van der Waals surface area contributed by atoms with Gasteiger partial charge in [-0.15, -0.1) is 0 Å². The Morgan fingerprint density at radius 2 is 1.96 bits per heavy atom. The first-order valence-electron chi connectivity index (χ1n) is 11.7. The average Bonchev–Trinajstić information content (AvgIpc) is 3.25. The van der Waals surface area contributed by atoms with E-state index in [0.717, 1.165) is 43.6 Å². The van der Waals surface area contributed by atoms with E-state index in [-0.39, 0.29) is 12.4 Å². The van der Waals surface area contributed by atoms with Crippen LogP contribution in [-0.4, -0.2) is 30.2 Å². The minimum atomic E-state index is -0.0598. The molecule has 6 aliphatic rings. The summed E-state index contributed by atoms with van der Waals surface area (Å²) in [5.41, 5.74) is 1.23. The smallest absolute Gasteiger partial charge is 0.157 e. The minimum Gasteiger partial charge on any atom is -0.393 e. The summed E-state index contributed by atoms with van der Waals surface area (Å²) >= 11 is 0. The number of aliphatic hydroxyl groups is 1. The number of fused-ring (bicyclic) bond motifs is 3. The van der Waals surface area contributed by atoms with Gasteiger partial charge in [0.05, 0.1) is 12.2 Å². The predicted octanol–water partition coefficient (Wildman–Crippen LogP) is 4.83. The van der Waals surface area contributed by atoms with Gasteiger partial charge < -0.3 is 14.6 Å². The Balaban J connectivity index is 1.24. The van der Waals surface area contributed by atoms with Crippen molar-refractivity contribution in [2.75, 3.05) is 6.61 Å². The molecule has 1 aliphatic heterocycles. The molecule has 1 N–H and O–H groups in total. The van der Waals surface area contributed by atoms with Crippen molar-refractivity contribution in [3.05, 3.63) is 12.2 Å². The van der Waals surface area contributed by atoms with E-state index in [2.05, 4.69) is 19.1 Å². The van der Waals surface area contributed by atoms with Crippen LogP contribution in [0.15, 0.2) is 12.2 Å². The highest BCUT2D eigenvalue weighted by Gasteiger charge is 2.74. The lowest BCUT2D eigenvalue weighted by Gasteiger charge is -2.53. The van der Waals surface area contributed by atoms with Crippen LogP contribution in [0.3, 0.4) is 0 Å². The summed E-state index contributed by atoms with van der Waals surface area (Å²) in [4.78, 5) is 0. The largest absolute Gasteiger partial charge is 0.393 e. The molecule has 5 fully saturated rings. The van der Waals surface area contributed by atoms with Crippen LogP contribution in [0.4, 0.5) is 0 Å². The molecule has 6 rings (SSSR count). The van der Waals surface area contributed by atoms with Crippen LogP contribution in [0.25, 0.3) is 0 Å². The summed E-state index contributed by atoms with van der Waals surface area (Å²) in [6.45, 7) is 3.40. The zero-order valence-corrected chi connectivity index (χ0v) is 16.9. The van der Waals surface area contributed by atoms with Crippen molar-refractivity contribution in [2.45, 2.75) is 96.1 Å². The Morgan fingerprint density at radius 1 is 1.04 bits per heavy atom. The van der Waals surface area contributed by atoms with Gasteiger partial charge in [0.1, 0.15) is 0 Å². The molecule has 0 spiro atoms. The minimum absolute atomic E-state index is 0.0495. The van der Waals surface area contributed by atoms with Crippen LogP contribution in [0, 0.1) is 34.0 Å². The lowest BCUT2D eigenvalue weighted by Crippen LogP contribution is -2.49. The van der Waals surface area contributed by atoms with Crippen molar-refractivity contribution < 1.29 is 14.6 Å². The van der Waals surface area contributed by atoms with Crippen molar-refractivity contribution in [3.63, 3.8) is 0 Å². The van der Waals surface area contributed by atoms with Gasteiger partial charge in [0.25, 0.3) is 0 Å². The lowest BCUT2D eigenvalue weighted by molar-refractivity contribution is -0.214. The van der Waals surface area contributed by atoms with Crippen LogP contribution in [0.1, 0.15) is 77.6 Å². The Labute approximate surface area is 163 Å². The average molecular weight is 373 g/mol. The zero-order valence-electron chi connectivity index (χ0n) is 16.9. The zero-order chi connectivity index (χ0) is 18.3. The molecular formula is C24H36O3. The molecule has 3 nitrogen and oxygen atoms in total. The molecule has 0 aromatic carbocycles. The molecule has 0 unspecified atom stereocenters. The molecule has 0 bridgehead atoms. The molecular weight excluding hydrogens is 336 g/mol. The van der Waals surface area contributed by atoms with Crippen molar-refractivity contribution in [1.82, 2.24) is 0 Å². The lowest BCUT2D eigenvalue weighted by atomic mass is 9.52. The third-order valence-corrected chi connectivity index (χ3v) is 10.1. The molecule has 4 saturated carbocycles. The Morgan fingerprint density at radius 3 is 2.81 bits per heavy atom. The summed E-state index contributed by atoms with van der Waals surface area (Å²) in [7, 11) is 0.